The topological polar surface area (TPSA) is 89.0 Å². The van der Waals surface area contributed by atoms with Gasteiger partial charge < -0.3 is 19.5 Å². The van der Waals surface area contributed by atoms with Crippen molar-refractivity contribution in [3.8, 4) is 11.5 Å². The Morgan fingerprint density at radius 3 is 2.39 bits per heavy atom. The summed E-state index contributed by atoms with van der Waals surface area (Å²) in [6.45, 7) is 5.14. The number of likely N-dealkylation sites (tertiary alicyclic amines) is 1. The standard InChI is InChI=1S/C30H31ClN2O5/c1-3-5-6-17-38-24-12-9-22(18-25(24)37-4-2)27-26(28(34)21-7-10-23(31)11-8-21)29(35)30(36)33(27)19-20-13-15-32-16-14-20/h7-16,18,27,34H,3-6,17,19H2,1-2H3. The van der Waals surface area contributed by atoms with Gasteiger partial charge in [0.05, 0.1) is 24.8 Å². The van der Waals surface area contributed by atoms with Gasteiger partial charge in [-0.25, -0.2) is 0 Å². The minimum absolute atomic E-state index is 0.00504. The Morgan fingerprint density at radius 1 is 0.974 bits per heavy atom. The van der Waals surface area contributed by atoms with Crippen LogP contribution in [0.5, 0.6) is 11.5 Å². The van der Waals surface area contributed by atoms with Crippen molar-refractivity contribution < 1.29 is 24.2 Å². The summed E-state index contributed by atoms with van der Waals surface area (Å²) >= 11 is 6.02. The number of benzene rings is 2. The lowest BCUT2D eigenvalue weighted by Crippen LogP contribution is -2.29. The van der Waals surface area contributed by atoms with Gasteiger partial charge in [-0.15, -0.1) is 0 Å². The smallest absolute Gasteiger partial charge is 0.295 e. The van der Waals surface area contributed by atoms with E-state index in [-0.39, 0.29) is 17.9 Å². The van der Waals surface area contributed by atoms with Crippen molar-refractivity contribution in [3.63, 3.8) is 0 Å². The summed E-state index contributed by atoms with van der Waals surface area (Å²) in [5.41, 5.74) is 1.82. The third kappa shape index (κ3) is 6.00. The number of hydrogen-bond acceptors (Lipinski definition) is 6. The maximum absolute atomic E-state index is 13.3. The Kier molecular flexibility index (Phi) is 9.02. The molecule has 7 nitrogen and oxygen atoms in total. The summed E-state index contributed by atoms with van der Waals surface area (Å²) in [5, 5.41) is 11.8. The fourth-order valence-electron chi connectivity index (χ4n) is 4.45. The third-order valence-corrected chi connectivity index (χ3v) is 6.60. The molecule has 8 heteroatoms. The van der Waals surface area contributed by atoms with Crippen molar-refractivity contribution >= 4 is 29.1 Å². The van der Waals surface area contributed by atoms with Crippen LogP contribution in [0, 0.1) is 0 Å². The van der Waals surface area contributed by atoms with Gasteiger partial charge in [-0.2, -0.15) is 0 Å². The first-order valence-corrected chi connectivity index (χ1v) is 13.1. The molecule has 0 radical (unpaired) electrons. The highest BCUT2D eigenvalue weighted by Crippen LogP contribution is 2.43. The lowest BCUT2D eigenvalue weighted by molar-refractivity contribution is -0.140. The van der Waals surface area contributed by atoms with Gasteiger partial charge in [0.15, 0.2) is 11.5 Å². The molecule has 198 valence electrons. The molecule has 2 aromatic carbocycles. The van der Waals surface area contributed by atoms with Crippen LogP contribution in [0.1, 0.15) is 55.8 Å². The minimum atomic E-state index is -0.841. The van der Waals surface area contributed by atoms with E-state index in [0.717, 1.165) is 24.8 Å². The number of ketones is 1. The number of ether oxygens (including phenoxy) is 2. The van der Waals surface area contributed by atoms with E-state index in [4.69, 9.17) is 21.1 Å². The SMILES string of the molecule is CCCCCOc1ccc(C2C(=C(O)c3ccc(Cl)cc3)C(=O)C(=O)N2Cc2ccncc2)cc1OCC. The molecule has 38 heavy (non-hydrogen) atoms. The zero-order chi connectivity index (χ0) is 27.1. The van der Waals surface area contributed by atoms with Gasteiger partial charge in [0.2, 0.25) is 0 Å². The second kappa shape index (κ2) is 12.6. The van der Waals surface area contributed by atoms with E-state index in [9.17, 15) is 14.7 Å². The van der Waals surface area contributed by atoms with E-state index in [0.29, 0.717) is 40.9 Å². The highest BCUT2D eigenvalue weighted by Gasteiger charge is 2.46. The summed E-state index contributed by atoms with van der Waals surface area (Å²) in [6, 6.07) is 14.6. The predicted octanol–water partition coefficient (Wildman–Crippen LogP) is 6.32. The van der Waals surface area contributed by atoms with E-state index < -0.39 is 17.7 Å². The van der Waals surface area contributed by atoms with Crippen molar-refractivity contribution in [1.29, 1.82) is 0 Å². The average molecular weight is 535 g/mol. The maximum atomic E-state index is 13.3. The Balaban J connectivity index is 1.80. The van der Waals surface area contributed by atoms with E-state index >= 15 is 0 Å². The summed E-state index contributed by atoms with van der Waals surface area (Å²) in [6.07, 6.45) is 6.34. The molecule has 1 aliphatic rings. The molecule has 4 rings (SSSR count). The molecule has 0 aliphatic carbocycles. The number of hydrogen-bond donors (Lipinski definition) is 1. The lowest BCUT2D eigenvalue weighted by atomic mass is 9.95. The highest BCUT2D eigenvalue weighted by molar-refractivity contribution is 6.46. The number of halogens is 1. The number of unbranched alkanes of at least 4 members (excludes halogenated alkanes) is 2. The molecule has 1 aromatic heterocycles. The molecule has 1 amide bonds. The van der Waals surface area contributed by atoms with Crippen LogP contribution in [0.2, 0.25) is 5.02 Å². The summed E-state index contributed by atoms with van der Waals surface area (Å²) < 4.78 is 11.9. The van der Waals surface area contributed by atoms with Crippen LogP contribution in [0.3, 0.4) is 0 Å². The normalized spacial score (nSPS) is 16.6. The number of Topliss-reactive ketones (excluding diaryl/α,β-unsaturated/α-hetero) is 1. The zero-order valence-electron chi connectivity index (χ0n) is 21.5. The van der Waals surface area contributed by atoms with Gasteiger partial charge in [0.1, 0.15) is 5.76 Å². The molecule has 0 bridgehead atoms. The van der Waals surface area contributed by atoms with E-state index in [1.165, 1.54) is 4.90 Å². The van der Waals surface area contributed by atoms with E-state index in [1.807, 2.05) is 13.0 Å². The monoisotopic (exact) mass is 534 g/mol. The van der Waals surface area contributed by atoms with Crippen molar-refractivity contribution in [3.05, 3.63) is 94.3 Å². The molecule has 1 unspecified atom stereocenters. The van der Waals surface area contributed by atoms with Crippen molar-refractivity contribution in [2.45, 2.75) is 45.7 Å². The molecule has 0 saturated carbocycles. The van der Waals surface area contributed by atoms with Crippen molar-refractivity contribution in [2.24, 2.45) is 0 Å². The maximum Gasteiger partial charge on any atom is 0.295 e. The molecule has 3 aromatic rings. The summed E-state index contributed by atoms with van der Waals surface area (Å²) in [5.74, 6) is -0.604. The zero-order valence-corrected chi connectivity index (χ0v) is 22.3. The molecule has 1 fully saturated rings. The fourth-order valence-corrected chi connectivity index (χ4v) is 4.58. The quantitative estimate of drug-likeness (QED) is 0.134. The predicted molar refractivity (Wildman–Crippen MR) is 146 cm³/mol. The van der Waals surface area contributed by atoms with Crippen LogP contribution < -0.4 is 9.47 Å². The number of aromatic nitrogens is 1. The summed E-state index contributed by atoms with van der Waals surface area (Å²) in [4.78, 5) is 32.2. The van der Waals surface area contributed by atoms with Crippen molar-refractivity contribution in [2.75, 3.05) is 13.2 Å². The molecule has 1 atom stereocenters. The molecular weight excluding hydrogens is 504 g/mol. The number of carbonyl (C=O) groups excluding carboxylic acids is 2. The van der Waals surface area contributed by atoms with Crippen LogP contribution in [0.25, 0.3) is 5.76 Å². The minimum Gasteiger partial charge on any atom is -0.507 e. The van der Waals surface area contributed by atoms with Gasteiger partial charge in [-0.1, -0.05) is 37.4 Å². The van der Waals surface area contributed by atoms with Gasteiger partial charge in [0.25, 0.3) is 11.7 Å². The Hall–Kier alpha value is -3.84. The second-order valence-corrected chi connectivity index (χ2v) is 9.42. The van der Waals surface area contributed by atoms with Gasteiger partial charge in [-0.3, -0.25) is 14.6 Å². The number of nitrogens with zero attached hydrogens (tertiary/aromatic N) is 2. The number of carbonyl (C=O) groups is 2. The number of pyridine rings is 1. The van der Waals surface area contributed by atoms with Crippen LogP contribution in [-0.2, 0) is 16.1 Å². The first-order chi connectivity index (χ1) is 18.4. The highest BCUT2D eigenvalue weighted by atomic mass is 35.5. The second-order valence-electron chi connectivity index (χ2n) is 8.98. The molecule has 1 saturated heterocycles. The molecule has 0 spiro atoms. The van der Waals surface area contributed by atoms with Gasteiger partial charge in [-0.05, 0) is 73.0 Å². The Labute approximate surface area is 227 Å². The molecule has 2 heterocycles. The lowest BCUT2D eigenvalue weighted by Gasteiger charge is -2.26. The number of aliphatic hydroxyl groups excluding tert-OH is 1. The molecular formula is C30H31ClN2O5. The van der Waals surface area contributed by atoms with Gasteiger partial charge >= 0.3 is 0 Å². The largest absolute Gasteiger partial charge is 0.507 e. The average Bonchev–Trinajstić information content (AvgIpc) is 3.17. The Morgan fingerprint density at radius 2 is 1.71 bits per heavy atom. The van der Waals surface area contributed by atoms with E-state index in [1.54, 1.807) is 60.9 Å². The Bertz CT molecular complexity index is 1310. The number of amides is 1. The van der Waals surface area contributed by atoms with Crippen LogP contribution in [0.15, 0.2) is 72.6 Å². The van der Waals surface area contributed by atoms with Gasteiger partial charge in [0, 0.05) is 29.5 Å². The first-order valence-electron chi connectivity index (χ1n) is 12.8. The summed E-state index contributed by atoms with van der Waals surface area (Å²) in [7, 11) is 0. The third-order valence-electron chi connectivity index (χ3n) is 6.35. The van der Waals surface area contributed by atoms with Crippen LogP contribution >= 0.6 is 11.6 Å². The molecule has 1 N–H and O–H groups in total. The number of aliphatic hydroxyl groups is 1. The van der Waals surface area contributed by atoms with Crippen molar-refractivity contribution in [1.82, 2.24) is 9.88 Å². The van der Waals surface area contributed by atoms with Crippen LogP contribution in [0.4, 0.5) is 0 Å². The van der Waals surface area contributed by atoms with E-state index in [2.05, 4.69) is 11.9 Å². The molecule has 1 aliphatic heterocycles. The fraction of sp³-hybridized carbons (Fsp3) is 0.300. The number of rotatable bonds is 11. The van der Waals surface area contributed by atoms with Crippen LogP contribution in [-0.4, -0.2) is 39.9 Å². The first kappa shape index (κ1) is 27.2.